The van der Waals surface area contributed by atoms with E-state index >= 15 is 0 Å². The van der Waals surface area contributed by atoms with E-state index in [0.717, 1.165) is 12.0 Å². The highest BCUT2D eigenvalue weighted by atomic mass is 32.2. The molecule has 0 saturated heterocycles. The molecule has 0 saturated carbocycles. The van der Waals surface area contributed by atoms with E-state index in [1.807, 2.05) is 20.8 Å². The lowest BCUT2D eigenvalue weighted by atomic mass is 9.82. The van der Waals surface area contributed by atoms with Gasteiger partial charge in [0.25, 0.3) is 5.91 Å². The first kappa shape index (κ1) is 23.1. The van der Waals surface area contributed by atoms with E-state index < -0.39 is 40.6 Å². The fourth-order valence-electron chi connectivity index (χ4n) is 2.94. The minimum absolute atomic E-state index is 0.0295. The molecule has 0 unspecified atom stereocenters. The van der Waals surface area contributed by atoms with Crippen molar-refractivity contribution in [3.63, 3.8) is 0 Å². The van der Waals surface area contributed by atoms with Crippen molar-refractivity contribution in [1.82, 2.24) is 10.0 Å². The number of carbonyl (C=O) groups excluding carboxylic acids is 2. The van der Waals surface area contributed by atoms with Crippen LogP contribution < -0.4 is 10.0 Å². The summed E-state index contributed by atoms with van der Waals surface area (Å²) in [7, 11) is -3.81. The Morgan fingerprint density at radius 3 is 2.11 bits per heavy atom. The van der Waals surface area contributed by atoms with E-state index in [0.29, 0.717) is 0 Å². The third-order valence-electron chi connectivity index (χ3n) is 3.55. The van der Waals surface area contributed by atoms with E-state index in [-0.39, 0.29) is 10.3 Å². The van der Waals surface area contributed by atoms with Gasteiger partial charge in [0.15, 0.2) is 6.61 Å². The number of aryl methyl sites for hydroxylation is 1. The molecule has 0 radical (unpaired) electrons. The quantitative estimate of drug-likeness (QED) is 0.653. The van der Waals surface area contributed by atoms with Crippen LogP contribution in [0.5, 0.6) is 0 Å². The van der Waals surface area contributed by atoms with E-state index in [9.17, 15) is 18.0 Å². The molecule has 8 heteroatoms. The van der Waals surface area contributed by atoms with Gasteiger partial charge in [0.05, 0.1) is 4.90 Å². The molecule has 0 atom stereocenters. The van der Waals surface area contributed by atoms with Crippen LogP contribution in [0.15, 0.2) is 29.2 Å². The lowest BCUT2D eigenvalue weighted by Gasteiger charge is -2.33. The maximum absolute atomic E-state index is 12.1. The molecule has 0 bridgehead atoms. The minimum Gasteiger partial charge on any atom is -0.455 e. The van der Waals surface area contributed by atoms with Gasteiger partial charge in [-0.15, -0.1) is 0 Å². The lowest BCUT2D eigenvalue weighted by Crippen LogP contribution is -2.47. The monoisotopic (exact) mass is 398 g/mol. The van der Waals surface area contributed by atoms with Gasteiger partial charge in [-0.25, -0.2) is 8.42 Å². The Morgan fingerprint density at radius 2 is 1.59 bits per heavy atom. The molecule has 1 amide bonds. The summed E-state index contributed by atoms with van der Waals surface area (Å²) < 4.78 is 31.2. The second-order valence-electron chi connectivity index (χ2n) is 8.47. The molecule has 152 valence electrons. The van der Waals surface area contributed by atoms with Gasteiger partial charge in [-0.05, 0) is 44.7 Å². The molecule has 1 aromatic rings. The van der Waals surface area contributed by atoms with E-state index in [1.54, 1.807) is 12.1 Å². The normalized spacial score (nSPS) is 12.5. The molecule has 0 aromatic heterocycles. The van der Waals surface area contributed by atoms with Crippen LogP contribution in [0.25, 0.3) is 0 Å². The summed E-state index contributed by atoms with van der Waals surface area (Å²) in [5, 5.41) is 2.82. The molecular weight excluding hydrogens is 368 g/mol. The SMILES string of the molecule is Cc1ccc(S(=O)(=O)NCC(=O)OCC(=O)NC(C)(C)CC(C)(C)C)cc1. The summed E-state index contributed by atoms with van der Waals surface area (Å²) in [6.07, 6.45) is 0.746. The highest BCUT2D eigenvalue weighted by Gasteiger charge is 2.27. The van der Waals surface area contributed by atoms with Gasteiger partial charge in [-0.3, -0.25) is 9.59 Å². The van der Waals surface area contributed by atoms with Crippen molar-refractivity contribution in [2.75, 3.05) is 13.2 Å². The number of ether oxygens (including phenoxy) is 1. The van der Waals surface area contributed by atoms with E-state index in [4.69, 9.17) is 4.74 Å². The fraction of sp³-hybridized carbons (Fsp3) is 0.579. The fourth-order valence-corrected chi connectivity index (χ4v) is 3.90. The zero-order valence-electron chi connectivity index (χ0n) is 16.9. The summed E-state index contributed by atoms with van der Waals surface area (Å²) in [5.74, 6) is -1.26. The van der Waals surface area contributed by atoms with Gasteiger partial charge in [-0.2, -0.15) is 4.72 Å². The number of amides is 1. The number of sulfonamides is 1. The van der Waals surface area contributed by atoms with E-state index in [1.165, 1.54) is 12.1 Å². The minimum atomic E-state index is -3.81. The number of esters is 1. The molecular formula is C19H30N2O5S. The number of rotatable bonds is 8. The number of hydrogen-bond donors (Lipinski definition) is 2. The molecule has 0 fully saturated rings. The summed E-state index contributed by atoms with van der Waals surface area (Å²) in [4.78, 5) is 23.8. The molecule has 2 N–H and O–H groups in total. The van der Waals surface area contributed by atoms with Crippen molar-refractivity contribution < 1.29 is 22.7 Å². The molecule has 0 aliphatic carbocycles. The van der Waals surface area contributed by atoms with Crippen molar-refractivity contribution in [1.29, 1.82) is 0 Å². The zero-order chi connectivity index (χ0) is 20.9. The maximum atomic E-state index is 12.1. The van der Waals surface area contributed by atoms with Gasteiger partial charge in [0.1, 0.15) is 6.54 Å². The number of nitrogens with one attached hydrogen (secondary N) is 2. The van der Waals surface area contributed by atoms with Crippen LogP contribution in [-0.2, 0) is 24.3 Å². The average molecular weight is 399 g/mol. The Balaban J connectivity index is 2.46. The van der Waals surface area contributed by atoms with Crippen LogP contribution in [0.2, 0.25) is 0 Å². The second kappa shape index (κ2) is 8.84. The first-order chi connectivity index (χ1) is 12.2. The molecule has 0 aliphatic heterocycles. The second-order valence-corrected chi connectivity index (χ2v) is 10.2. The molecule has 1 aromatic carbocycles. The largest absolute Gasteiger partial charge is 0.455 e. The molecule has 0 spiro atoms. The third-order valence-corrected chi connectivity index (χ3v) is 4.97. The standard InChI is InChI=1S/C19H30N2O5S/c1-14-7-9-15(10-8-14)27(24,25)20-11-17(23)26-12-16(22)21-19(5,6)13-18(2,3)4/h7-10,20H,11-13H2,1-6H3,(H,21,22). The lowest BCUT2D eigenvalue weighted by molar-refractivity contribution is -0.147. The van der Waals surface area contributed by atoms with Gasteiger partial charge in [0.2, 0.25) is 10.0 Å². The highest BCUT2D eigenvalue weighted by Crippen LogP contribution is 2.26. The van der Waals surface area contributed by atoms with Crippen LogP contribution >= 0.6 is 0 Å². The van der Waals surface area contributed by atoms with Gasteiger partial charge < -0.3 is 10.1 Å². The third kappa shape index (κ3) is 9.01. The first-order valence-electron chi connectivity index (χ1n) is 8.73. The Bertz CT molecular complexity index is 762. The first-order valence-corrected chi connectivity index (χ1v) is 10.2. The van der Waals surface area contributed by atoms with Crippen LogP contribution in [0.1, 0.15) is 46.6 Å². The van der Waals surface area contributed by atoms with Crippen molar-refractivity contribution >= 4 is 21.9 Å². The summed E-state index contributed by atoms with van der Waals surface area (Å²) in [6, 6.07) is 6.23. The predicted molar refractivity (Wildman–Crippen MR) is 104 cm³/mol. The van der Waals surface area contributed by atoms with Gasteiger partial charge in [-0.1, -0.05) is 38.5 Å². The molecule has 0 aliphatic rings. The van der Waals surface area contributed by atoms with E-state index in [2.05, 4.69) is 30.8 Å². The van der Waals surface area contributed by atoms with Crippen LogP contribution in [-0.4, -0.2) is 39.0 Å². The van der Waals surface area contributed by atoms with Gasteiger partial charge in [0, 0.05) is 5.54 Å². The smallest absolute Gasteiger partial charge is 0.321 e. The van der Waals surface area contributed by atoms with Crippen molar-refractivity contribution in [3.05, 3.63) is 29.8 Å². The van der Waals surface area contributed by atoms with Crippen LogP contribution in [0, 0.1) is 12.3 Å². The van der Waals surface area contributed by atoms with Crippen LogP contribution in [0.4, 0.5) is 0 Å². The number of carbonyl (C=O) groups is 2. The molecule has 1 rings (SSSR count). The number of hydrogen-bond acceptors (Lipinski definition) is 5. The Labute approximate surface area is 161 Å². The molecule has 7 nitrogen and oxygen atoms in total. The number of benzene rings is 1. The summed E-state index contributed by atoms with van der Waals surface area (Å²) in [5.41, 5.74) is 0.505. The molecule has 27 heavy (non-hydrogen) atoms. The maximum Gasteiger partial charge on any atom is 0.321 e. The Kier molecular flexibility index (Phi) is 7.57. The topological polar surface area (TPSA) is 102 Å². The van der Waals surface area contributed by atoms with Crippen molar-refractivity contribution in [2.45, 2.75) is 58.4 Å². The highest BCUT2D eigenvalue weighted by molar-refractivity contribution is 7.89. The van der Waals surface area contributed by atoms with Crippen molar-refractivity contribution in [2.24, 2.45) is 5.41 Å². The van der Waals surface area contributed by atoms with Crippen LogP contribution in [0.3, 0.4) is 0 Å². The van der Waals surface area contributed by atoms with Gasteiger partial charge >= 0.3 is 5.97 Å². The van der Waals surface area contributed by atoms with Crippen molar-refractivity contribution in [3.8, 4) is 0 Å². The zero-order valence-corrected chi connectivity index (χ0v) is 17.7. The Hall–Kier alpha value is -1.93. The predicted octanol–water partition coefficient (Wildman–Crippen LogP) is 2.15. The average Bonchev–Trinajstić information content (AvgIpc) is 2.48. The summed E-state index contributed by atoms with van der Waals surface area (Å²) >= 11 is 0. The molecule has 0 heterocycles. The summed E-state index contributed by atoms with van der Waals surface area (Å²) in [6.45, 7) is 10.8. The Morgan fingerprint density at radius 1 is 1.04 bits per heavy atom.